The average molecular weight is 282 g/mol. The van der Waals surface area contributed by atoms with Crippen LogP contribution in [-0.2, 0) is 9.84 Å². The molecule has 1 aliphatic carbocycles. The van der Waals surface area contributed by atoms with E-state index in [0.717, 1.165) is 6.42 Å². The van der Waals surface area contributed by atoms with E-state index in [1.54, 1.807) is 18.3 Å². The van der Waals surface area contributed by atoms with E-state index in [4.69, 9.17) is 0 Å². The van der Waals surface area contributed by atoms with Crippen LogP contribution in [0.2, 0.25) is 0 Å². The van der Waals surface area contributed by atoms with E-state index in [1.807, 2.05) is 0 Å². The molecule has 0 aliphatic heterocycles. The maximum Gasteiger partial charge on any atom is 0.179 e. The molecule has 106 valence electrons. The van der Waals surface area contributed by atoms with Crippen LogP contribution in [0.5, 0.6) is 0 Å². The normalized spacial score (nSPS) is 28.1. The van der Waals surface area contributed by atoms with E-state index in [1.165, 1.54) is 19.1 Å². The second-order valence-corrected chi connectivity index (χ2v) is 7.62. The van der Waals surface area contributed by atoms with E-state index >= 15 is 0 Å². The number of sulfone groups is 1. The molecule has 1 N–H and O–H groups in total. The Labute approximate surface area is 115 Å². The number of nitrogens with zero attached hydrogens (tertiary/aromatic N) is 1. The molecule has 0 bridgehead atoms. The van der Waals surface area contributed by atoms with E-state index in [2.05, 4.69) is 24.1 Å². The zero-order valence-electron chi connectivity index (χ0n) is 11.8. The highest BCUT2D eigenvalue weighted by Crippen LogP contribution is 2.32. The summed E-state index contributed by atoms with van der Waals surface area (Å²) in [4.78, 5) is 4.50. The van der Waals surface area contributed by atoms with Gasteiger partial charge in [0.05, 0.1) is 0 Å². The molecule has 2 rings (SSSR count). The number of pyridine rings is 1. The first-order valence-corrected chi connectivity index (χ1v) is 8.70. The van der Waals surface area contributed by atoms with Gasteiger partial charge in [0.2, 0.25) is 0 Å². The van der Waals surface area contributed by atoms with Gasteiger partial charge in [0, 0.05) is 18.5 Å². The van der Waals surface area contributed by atoms with Crippen LogP contribution < -0.4 is 5.32 Å². The molecule has 0 aromatic carbocycles. The molecule has 1 aromatic rings. The fourth-order valence-electron chi connectivity index (χ4n) is 2.76. The van der Waals surface area contributed by atoms with Crippen LogP contribution in [0.3, 0.4) is 0 Å². The Morgan fingerprint density at radius 1 is 1.32 bits per heavy atom. The smallest absolute Gasteiger partial charge is 0.179 e. The van der Waals surface area contributed by atoms with Crippen LogP contribution in [-0.4, -0.2) is 25.7 Å². The first-order valence-electron chi connectivity index (χ1n) is 6.81. The molecular formula is C14H22N2O2S. The summed E-state index contributed by atoms with van der Waals surface area (Å²) < 4.78 is 23.5. The number of hydrogen-bond donors (Lipinski definition) is 1. The molecule has 1 heterocycles. The predicted molar refractivity (Wildman–Crippen MR) is 76.9 cm³/mol. The fraction of sp³-hybridized carbons (Fsp3) is 0.643. The fourth-order valence-corrected chi connectivity index (χ4v) is 3.55. The van der Waals surface area contributed by atoms with Crippen molar-refractivity contribution in [3.63, 3.8) is 0 Å². The van der Waals surface area contributed by atoms with Gasteiger partial charge in [-0.2, -0.15) is 0 Å². The van der Waals surface area contributed by atoms with Crippen molar-refractivity contribution >= 4 is 15.7 Å². The van der Waals surface area contributed by atoms with Gasteiger partial charge in [-0.15, -0.1) is 0 Å². The molecule has 19 heavy (non-hydrogen) atoms. The third-order valence-corrected chi connectivity index (χ3v) is 5.33. The van der Waals surface area contributed by atoms with Crippen molar-refractivity contribution in [3.05, 3.63) is 18.3 Å². The first-order chi connectivity index (χ1) is 8.89. The standard InChI is InChI=1S/C14H22N2O2S/c1-10-6-4-7-12(11(10)2)16-14-13(19(3,17)18)8-5-9-15-14/h5,8-12H,4,6-7H2,1-3H3,(H,15,16). The predicted octanol–water partition coefficient (Wildman–Crippen LogP) is 2.72. The van der Waals surface area contributed by atoms with Gasteiger partial charge in [0.1, 0.15) is 10.7 Å². The van der Waals surface area contributed by atoms with Crippen molar-refractivity contribution in [2.24, 2.45) is 11.8 Å². The summed E-state index contributed by atoms with van der Waals surface area (Å²) in [6.07, 6.45) is 6.37. The Bertz CT molecular complexity index is 542. The molecule has 0 radical (unpaired) electrons. The van der Waals surface area contributed by atoms with E-state index in [-0.39, 0.29) is 0 Å². The van der Waals surface area contributed by atoms with Gasteiger partial charge in [-0.25, -0.2) is 13.4 Å². The van der Waals surface area contributed by atoms with Crippen LogP contribution in [0.1, 0.15) is 33.1 Å². The lowest BCUT2D eigenvalue weighted by Gasteiger charge is -2.35. The Balaban J connectivity index is 2.24. The molecule has 1 aliphatic rings. The van der Waals surface area contributed by atoms with Crippen molar-refractivity contribution in [1.82, 2.24) is 4.98 Å². The van der Waals surface area contributed by atoms with E-state index in [0.29, 0.717) is 28.6 Å². The lowest BCUT2D eigenvalue weighted by atomic mass is 9.78. The highest BCUT2D eigenvalue weighted by atomic mass is 32.2. The number of hydrogen-bond acceptors (Lipinski definition) is 4. The molecule has 3 unspecified atom stereocenters. The summed E-state index contributed by atoms with van der Waals surface area (Å²) in [5.74, 6) is 1.69. The molecule has 1 aromatic heterocycles. The van der Waals surface area contributed by atoms with Crippen LogP contribution >= 0.6 is 0 Å². The van der Waals surface area contributed by atoms with Gasteiger partial charge >= 0.3 is 0 Å². The van der Waals surface area contributed by atoms with Crippen molar-refractivity contribution in [2.45, 2.75) is 44.0 Å². The van der Waals surface area contributed by atoms with Crippen LogP contribution in [0.4, 0.5) is 5.82 Å². The molecular weight excluding hydrogens is 260 g/mol. The molecule has 0 amide bonds. The van der Waals surface area contributed by atoms with Gasteiger partial charge in [-0.05, 0) is 30.4 Å². The lowest BCUT2D eigenvalue weighted by molar-refractivity contribution is 0.252. The minimum absolute atomic E-state index is 0.292. The summed E-state index contributed by atoms with van der Waals surface area (Å²) in [6.45, 7) is 4.49. The topological polar surface area (TPSA) is 59.1 Å². The summed E-state index contributed by atoms with van der Waals surface area (Å²) in [6, 6.07) is 3.58. The lowest BCUT2D eigenvalue weighted by Crippen LogP contribution is -2.35. The molecule has 4 nitrogen and oxygen atoms in total. The summed E-state index contributed by atoms with van der Waals surface area (Å²) in [5.41, 5.74) is 0. The van der Waals surface area contributed by atoms with Gasteiger partial charge in [0.15, 0.2) is 9.84 Å². The zero-order valence-corrected chi connectivity index (χ0v) is 12.6. The third kappa shape index (κ3) is 3.26. The Hall–Kier alpha value is -1.10. The van der Waals surface area contributed by atoms with Crippen LogP contribution in [0.15, 0.2) is 23.2 Å². The average Bonchev–Trinajstić information content (AvgIpc) is 2.34. The molecule has 3 atom stereocenters. The minimum Gasteiger partial charge on any atom is -0.366 e. The largest absolute Gasteiger partial charge is 0.366 e. The minimum atomic E-state index is -3.24. The highest BCUT2D eigenvalue weighted by Gasteiger charge is 2.28. The number of anilines is 1. The Morgan fingerprint density at radius 3 is 2.74 bits per heavy atom. The quantitative estimate of drug-likeness (QED) is 0.926. The number of rotatable bonds is 3. The Kier molecular flexibility index (Phi) is 4.13. The van der Waals surface area contributed by atoms with Gasteiger partial charge in [0.25, 0.3) is 0 Å². The van der Waals surface area contributed by atoms with E-state index < -0.39 is 9.84 Å². The Morgan fingerprint density at radius 2 is 2.05 bits per heavy atom. The second-order valence-electron chi connectivity index (χ2n) is 5.64. The molecule has 0 spiro atoms. The molecule has 0 saturated heterocycles. The molecule has 1 fully saturated rings. The van der Waals surface area contributed by atoms with Crippen LogP contribution in [0.25, 0.3) is 0 Å². The van der Waals surface area contributed by atoms with Crippen molar-refractivity contribution in [2.75, 3.05) is 11.6 Å². The molecule has 1 saturated carbocycles. The summed E-state index contributed by atoms with van der Waals surface area (Å²) in [5, 5.41) is 3.35. The number of aromatic nitrogens is 1. The van der Waals surface area contributed by atoms with Crippen molar-refractivity contribution in [1.29, 1.82) is 0 Å². The van der Waals surface area contributed by atoms with Gasteiger partial charge in [-0.3, -0.25) is 0 Å². The molecule has 5 heteroatoms. The first kappa shape index (κ1) is 14.3. The summed E-state index contributed by atoms with van der Waals surface area (Å²) >= 11 is 0. The maximum atomic E-state index is 11.8. The third-order valence-electron chi connectivity index (χ3n) is 4.20. The highest BCUT2D eigenvalue weighted by molar-refractivity contribution is 7.90. The zero-order chi connectivity index (χ0) is 14.0. The van der Waals surface area contributed by atoms with Gasteiger partial charge < -0.3 is 5.32 Å². The second kappa shape index (κ2) is 5.49. The van der Waals surface area contributed by atoms with Crippen LogP contribution in [0, 0.1) is 11.8 Å². The van der Waals surface area contributed by atoms with Crippen molar-refractivity contribution < 1.29 is 8.42 Å². The maximum absolute atomic E-state index is 11.8. The monoisotopic (exact) mass is 282 g/mol. The van der Waals surface area contributed by atoms with Gasteiger partial charge in [-0.1, -0.05) is 26.7 Å². The number of nitrogens with one attached hydrogen (secondary N) is 1. The summed E-state index contributed by atoms with van der Waals surface area (Å²) in [7, 11) is -3.24. The van der Waals surface area contributed by atoms with Crippen molar-refractivity contribution in [3.8, 4) is 0 Å². The SMILES string of the molecule is CC1CCCC(Nc2ncccc2S(C)(=O)=O)C1C. The van der Waals surface area contributed by atoms with E-state index in [9.17, 15) is 8.42 Å².